The molecule has 0 bridgehead atoms. The predicted molar refractivity (Wildman–Crippen MR) is 72.1 cm³/mol. The molecule has 3 aromatic rings. The molecule has 0 fully saturated rings. The van der Waals surface area contributed by atoms with Crippen LogP contribution in [0.15, 0.2) is 36.7 Å². The number of aromatic nitrogens is 2. The molecule has 0 unspecified atom stereocenters. The summed E-state index contributed by atoms with van der Waals surface area (Å²) in [6, 6.07) is 6.27. The quantitative estimate of drug-likeness (QED) is 0.590. The number of thiazole rings is 1. The van der Waals surface area contributed by atoms with Gasteiger partial charge >= 0.3 is 5.97 Å². The second-order valence-corrected chi connectivity index (χ2v) is 5.03. The summed E-state index contributed by atoms with van der Waals surface area (Å²) in [4.78, 5) is 26.4. The number of aromatic carboxylic acids is 1. The van der Waals surface area contributed by atoms with Gasteiger partial charge in [-0.15, -0.1) is 0 Å². The minimum atomic E-state index is -1.09. The number of non-ortho nitro benzene ring substituents is 1. The lowest BCUT2D eigenvalue weighted by Gasteiger charge is -1.96. The molecule has 2 heterocycles. The zero-order chi connectivity index (χ0) is 14.3. The normalized spacial score (nSPS) is 10.8. The Labute approximate surface area is 115 Å². The largest absolute Gasteiger partial charge is 0.476 e. The Morgan fingerprint density at radius 3 is 2.85 bits per heavy atom. The summed E-state index contributed by atoms with van der Waals surface area (Å²) in [6.07, 6.45) is 3.12. The molecule has 0 amide bonds. The van der Waals surface area contributed by atoms with Crippen LogP contribution in [-0.4, -0.2) is 25.4 Å². The van der Waals surface area contributed by atoms with Crippen LogP contribution in [0.1, 0.15) is 10.5 Å². The molecule has 0 atom stereocenters. The second-order valence-electron chi connectivity index (χ2n) is 4.02. The summed E-state index contributed by atoms with van der Waals surface area (Å²) in [5.41, 5.74) is 0.688. The molecule has 0 aliphatic carbocycles. The van der Waals surface area contributed by atoms with Crippen molar-refractivity contribution in [3.8, 4) is 10.4 Å². The first kappa shape index (κ1) is 12.3. The molecule has 0 spiro atoms. The van der Waals surface area contributed by atoms with E-state index >= 15 is 0 Å². The van der Waals surface area contributed by atoms with Crippen molar-refractivity contribution in [2.45, 2.75) is 0 Å². The number of nitro benzene ring substituents is 1. The zero-order valence-electron chi connectivity index (χ0n) is 9.89. The summed E-state index contributed by atoms with van der Waals surface area (Å²) >= 11 is 1.27. The molecular weight excluding hydrogens is 282 g/mol. The zero-order valence-corrected chi connectivity index (χ0v) is 10.7. The summed E-state index contributed by atoms with van der Waals surface area (Å²) in [7, 11) is 0. The standard InChI is InChI=1S/C12H7N3O4S/c16-11(17)9-5-14-6-10(20-12(14)13-9)7-2-1-3-8(4-7)15(18)19/h1-6H,(H,16,17). The third-order valence-electron chi connectivity index (χ3n) is 2.72. The first-order chi connectivity index (χ1) is 9.54. The van der Waals surface area contributed by atoms with Crippen LogP contribution in [0.2, 0.25) is 0 Å². The molecule has 0 saturated carbocycles. The van der Waals surface area contributed by atoms with Gasteiger partial charge in [0.15, 0.2) is 10.7 Å². The Bertz CT molecular complexity index is 805. The van der Waals surface area contributed by atoms with Gasteiger partial charge in [0.1, 0.15) is 0 Å². The molecule has 1 N–H and O–H groups in total. The first-order valence-electron chi connectivity index (χ1n) is 5.51. The molecule has 0 saturated heterocycles. The number of fused-ring (bicyclic) bond motifs is 1. The average Bonchev–Trinajstić information content (AvgIpc) is 2.96. The lowest BCUT2D eigenvalue weighted by molar-refractivity contribution is -0.384. The minimum Gasteiger partial charge on any atom is -0.476 e. The molecule has 2 aromatic heterocycles. The van der Waals surface area contributed by atoms with Crippen LogP contribution in [0, 0.1) is 10.1 Å². The maximum atomic E-state index is 10.8. The number of nitrogens with zero attached hydrogens (tertiary/aromatic N) is 3. The number of rotatable bonds is 3. The van der Waals surface area contributed by atoms with E-state index in [2.05, 4.69) is 4.98 Å². The lowest BCUT2D eigenvalue weighted by Crippen LogP contribution is -1.95. The van der Waals surface area contributed by atoms with E-state index in [0.29, 0.717) is 10.5 Å². The van der Waals surface area contributed by atoms with Gasteiger partial charge in [-0.3, -0.25) is 14.5 Å². The van der Waals surface area contributed by atoms with E-state index < -0.39 is 10.9 Å². The molecule has 0 radical (unpaired) electrons. The van der Waals surface area contributed by atoms with Crippen LogP contribution in [-0.2, 0) is 0 Å². The third-order valence-corrected chi connectivity index (χ3v) is 3.76. The number of carboxylic acid groups (broad SMARTS) is 1. The SMILES string of the molecule is O=C(O)c1cn2cc(-c3cccc([N+](=O)[O-])c3)sc2n1. The molecular formula is C12H7N3O4S. The highest BCUT2D eigenvalue weighted by molar-refractivity contribution is 7.20. The Morgan fingerprint density at radius 2 is 2.20 bits per heavy atom. The van der Waals surface area contributed by atoms with Crippen molar-refractivity contribution in [3.63, 3.8) is 0 Å². The van der Waals surface area contributed by atoms with Crippen molar-refractivity contribution in [2.24, 2.45) is 0 Å². The van der Waals surface area contributed by atoms with Crippen molar-refractivity contribution in [2.75, 3.05) is 0 Å². The highest BCUT2D eigenvalue weighted by atomic mass is 32.1. The first-order valence-corrected chi connectivity index (χ1v) is 6.33. The molecule has 100 valence electrons. The van der Waals surface area contributed by atoms with Crippen molar-refractivity contribution in [1.82, 2.24) is 9.38 Å². The molecule has 7 nitrogen and oxygen atoms in total. The number of benzene rings is 1. The van der Waals surface area contributed by atoms with Gasteiger partial charge in [0.2, 0.25) is 0 Å². The monoisotopic (exact) mass is 289 g/mol. The summed E-state index contributed by atoms with van der Waals surface area (Å²) in [5, 5.41) is 19.6. The maximum absolute atomic E-state index is 10.8. The highest BCUT2D eigenvalue weighted by Crippen LogP contribution is 2.30. The second kappa shape index (κ2) is 4.42. The van der Waals surface area contributed by atoms with Crippen molar-refractivity contribution in [1.29, 1.82) is 0 Å². The number of hydrogen-bond donors (Lipinski definition) is 1. The molecule has 0 aliphatic heterocycles. The van der Waals surface area contributed by atoms with Gasteiger partial charge in [0, 0.05) is 30.1 Å². The maximum Gasteiger partial charge on any atom is 0.356 e. The number of hydrogen-bond acceptors (Lipinski definition) is 5. The fraction of sp³-hybridized carbons (Fsp3) is 0. The Hall–Kier alpha value is -2.74. The topological polar surface area (TPSA) is 97.7 Å². The van der Waals surface area contributed by atoms with Gasteiger partial charge < -0.3 is 5.11 Å². The number of carbonyl (C=O) groups is 1. The average molecular weight is 289 g/mol. The third kappa shape index (κ3) is 2.01. The number of nitro groups is 1. The Kier molecular flexibility index (Phi) is 2.72. The Morgan fingerprint density at radius 1 is 1.40 bits per heavy atom. The van der Waals surface area contributed by atoms with Crippen LogP contribution in [0.5, 0.6) is 0 Å². The van der Waals surface area contributed by atoms with E-state index in [1.54, 1.807) is 22.7 Å². The Balaban J connectivity index is 2.06. The van der Waals surface area contributed by atoms with E-state index in [1.807, 2.05) is 0 Å². The van der Waals surface area contributed by atoms with Crippen LogP contribution < -0.4 is 0 Å². The summed E-state index contributed by atoms with van der Waals surface area (Å²) in [6.45, 7) is 0. The van der Waals surface area contributed by atoms with Crippen LogP contribution >= 0.6 is 11.3 Å². The van der Waals surface area contributed by atoms with Crippen LogP contribution in [0.4, 0.5) is 5.69 Å². The van der Waals surface area contributed by atoms with Crippen molar-refractivity contribution >= 4 is 28.0 Å². The highest BCUT2D eigenvalue weighted by Gasteiger charge is 2.13. The van der Waals surface area contributed by atoms with Gasteiger partial charge in [0.05, 0.1) is 9.80 Å². The van der Waals surface area contributed by atoms with Gasteiger partial charge in [-0.2, -0.15) is 0 Å². The number of imidazole rings is 1. The minimum absolute atomic E-state index is 0.0137. The predicted octanol–water partition coefficient (Wildman–Crippen LogP) is 2.67. The van der Waals surface area contributed by atoms with Crippen molar-refractivity contribution < 1.29 is 14.8 Å². The summed E-state index contributed by atoms with van der Waals surface area (Å²) < 4.78 is 1.60. The van der Waals surface area contributed by atoms with Gasteiger partial charge in [-0.1, -0.05) is 23.5 Å². The van der Waals surface area contributed by atoms with Crippen molar-refractivity contribution in [3.05, 3.63) is 52.5 Å². The van der Waals surface area contributed by atoms with E-state index in [0.717, 1.165) is 4.88 Å². The van der Waals surface area contributed by atoms with Gasteiger partial charge in [-0.25, -0.2) is 9.78 Å². The molecule has 1 aromatic carbocycles. The van der Waals surface area contributed by atoms with Gasteiger partial charge in [-0.05, 0) is 0 Å². The number of carboxylic acids is 1. The smallest absolute Gasteiger partial charge is 0.356 e. The van der Waals surface area contributed by atoms with E-state index in [9.17, 15) is 14.9 Å². The summed E-state index contributed by atoms with van der Waals surface area (Å²) in [5.74, 6) is -1.09. The van der Waals surface area contributed by atoms with E-state index in [-0.39, 0.29) is 11.4 Å². The van der Waals surface area contributed by atoms with Crippen LogP contribution in [0.25, 0.3) is 15.4 Å². The molecule has 3 rings (SSSR count). The molecule has 0 aliphatic rings. The van der Waals surface area contributed by atoms with Crippen LogP contribution in [0.3, 0.4) is 0 Å². The fourth-order valence-electron chi connectivity index (χ4n) is 1.80. The lowest BCUT2D eigenvalue weighted by atomic mass is 10.2. The van der Waals surface area contributed by atoms with Gasteiger partial charge in [0.25, 0.3) is 5.69 Å². The molecule has 20 heavy (non-hydrogen) atoms. The van der Waals surface area contributed by atoms with E-state index in [4.69, 9.17) is 5.11 Å². The fourth-order valence-corrected chi connectivity index (χ4v) is 2.77. The van der Waals surface area contributed by atoms with E-state index in [1.165, 1.54) is 29.7 Å². The molecule has 8 heteroatoms.